The lowest BCUT2D eigenvalue weighted by Crippen LogP contribution is -3.08. The van der Waals surface area contributed by atoms with Gasteiger partial charge in [-0.15, -0.1) is 0 Å². The van der Waals surface area contributed by atoms with Gasteiger partial charge in [-0.05, 0) is 25.1 Å². The van der Waals surface area contributed by atoms with Crippen molar-refractivity contribution in [2.24, 2.45) is 0 Å². The largest absolute Gasteiger partial charge is 0.376 e. The number of nitrogens with zero attached hydrogens (tertiary/aromatic N) is 2. The number of likely N-dealkylation sites (N-methyl/N-ethyl adjacent to an activating group) is 1. The molecule has 0 spiro atoms. The van der Waals surface area contributed by atoms with Gasteiger partial charge in [-0.25, -0.2) is 12.7 Å². The van der Waals surface area contributed by atoms with Crippen LogP contribution >= 0.6 is 0 Å². The molecular weight excluding hydrogens is 388 g/mol. The van der Waals surface area contributed by atoms with Gasteiger partial charge in [0.1, 0.15) is 6.54 Å². The molecule has 2 N–H and O–H groups in total. The van der Waals surface area contributed by atoms with Gasteiger partial charge in [-0.3, -0.25) is 4.79 Å². The first-order valence-corrected chi connectivity index (χ1v) is 10.9. The number of hydrogen-bond acceptors (Lipinski definition) is 4. The first kappa shape index (κ1) is 22.9. The molecule has 0 aliphatic carbocycles. The van der Waals surface area contributed by atoms with Gasteiger partial charge < -0.3 is 15.1 Å². The SMILES string of the molecule is Cc1ccc(C[NH+](C)CC(=O)Nc2cc(S(=O)(=O)N(C)C)ccc2N(C)C)cc1. The van der Waals surface area contributed by atoms with Crippen molar-refractivity contribution in [3.8, 4) is 0 Å². The Balaban J connectivity index is 2.16. The van der Waals surface area contributed by atoms with Crippen molar-refractivity contribution in [3.63, 3.8) is 0 Å². The van der Waals surface area contributed by atoms with Gasteiger partial charge >= 0.3 is 0 Å². The highest BCUT2D eigenvalue weighted by atomic mass is 32.2. The molecule has 1 unspecified atom stereocenters. The van der Waals surface area contributed by atoms with Crippen LogP contribution in [0.3, 0.4) is 0 Å². The average molecular weight is 420 g/mol. The molecule has 2 aromatic rings. The Hall–Kier alpha value is -2.42. The molecule has 7 nitrogen and oxygen atoms in total. The second-order valence-corrected chi connectivity index (χ2v) is 9.86. The van der Waals surface area contributed by atoms with Crippen LogP contribution in [0.1, 0.15) is 11.1 Å². The number of anilines is 2. The fraction of sp³-hybridized carbons (Fsp3) is 0.381. The Labute approximate surface area is 174 Å². The Morgan fingerprint density at radius 2 is 1.66 bits per heavy atom. The van der Waals surface area contributed by atoms with E-state index in [1.807, 2.05) is 33.0 Å². The van der Waals surface area contributed by atoms with E-state index in [-0.39, 0.29) is 17.3 Å². The lowest BCUT2D eigenvalue weighted by molar-refractivity contribution is -0.885. The molecule has 0 heterocycles. The third-order valence-corrected chi connectivity index (χ3v) is 6.40. The Morgan fingerprint density at radius 1 is 1.03 bits per heavy atom. The zero-order valence-corrected chi connectivity index (χ0v) is 18.8. The lowest BCUT2D eigenvalue weighted by atomic mass is 10.1. The van der Waals surface area contributed by atoms with Gasteiger partial charge in [0.25, 0.3) is 5.91 Å². The summed E-state index contributed by atoms with van der Waals surface area (Å²) in [7, 11) is 5.03. The zero-order valence-electron chi connectivity index (χ0n) is 18.0. The molecule has 8 heteroatoms. The molecular formula is C21H31N4O3S+. The molecule has 1 amide bonds. The maximum Gasteiger partial charge on any atom is 0.279 e. The molecule has 0 bridgehead atoms. The monoisotopic (exact) mass is 419 g/mol. The summed E-state index contributed by atoms with van der Waals surface area (Å²) in [5.41, 5.74) is 3.58. The van der Waals surface area contributed by atoms with Crippen LogP contribution in [0.15, 0.2) is 47.4 Å². The fourth-order valence-electron chi connectivity index (χ4n) is 2.96. The molecule has 2 rings (SSSR count). The minimum atomic E-state index is -3.59. The van der Waals surface area contributed by atoms with E-state index in [0.29, 0.717) is 5.69 Å². The third kappa shape index (κ3) is 6.03. The topological polar surface area (TPSA) is 74.2 Å². The number of nitrogens with one attached hydrogen (secondary N) is 2. The molecule has 2 aromatic carbocycles. The van der Waals surface area contributed by atoms with Crippen molar-refractivity contribution >= 4 is 27.3 Å². The molecule has 158 valence electrons. The van der Waals surface area contributed by atoms with Crippen LogP contribution in [0.5, 0.6) is 0 Å². The molecule has 0 aliphatic heterocycles. The molecule has 0 fully saturated rings. The first-order valence-electron chi connectivity index (χ1n) is 9.41. The quantitative estimate of drug-likeness (QED) is 0.669. The standard InChI is InChI=1S/C21H30N4O3S/c1-16-7-9-17(10-8-16)14-25(6)15-21(26)22-19-13-18(29(27,28)24(4)5)11-12-20(19)23(2)3/h7-13H,14-15H2,1-6H3,(H,22,26)/p+1. The summed E-state index contributed by atoms with van der Waals surface area (Å²) >= 11 is 0. The highest BCUT2D eigenvalue weighted by Gasteiger charge is 2.21. The Kier molecular flexibility index (Phi) is 7.40. The average Bonchev–Trinajstić information content (AvgIpc) is 2.63. The van der Waals surface area contributed by atoms with E-state index in [9.17, 15) is 13.2 Å². The van der Waals surface area contributed by atoms with Gasteiger partial charge in [-0.2, -0.15) is 0 Å². The number of amides is 1. The molecule has 1 atom stereocenters. The predicted octanol–water partition coefficient (Wildman–Crippen LogP) is 0.965. The lowest BCUT2D eigenvalue weighted by Gasteiger charge is -2.21. The number of carbonyl (C=O) groups excluding carboxylic acids is 1. The maximum atomic E-state index is 12.6. The Bertz CT molecular complexity index is 954. The zero-order chi connectivity index (χ0) is 21.8. The van der Waals surface area contributed by atoms with Crippen molar-refractivity contribution in [2.45, 2.75) is 18.4 Å². The number of sulfonamides is 1. The highest BCUT2D eigenvalue weighted by Crippen LogP contribution is 2.28. The molecule has 0 saturated heterocycles. The first-order chi connectivity index (χ1) is 13.5. The van der Waals surface area contributed by atoms with Gasteiger partial charge in [0.2, 0.25) is 10.0 Å². The second kappa shape index (κ2) is 9.39. The van der Waals surface area contributed by atoms with Crippen molar-refractivity contribution < 1.29 is 18.1 Å². The van der Waals surface area contributed by atoms with Gasteiger partial charge in [0.15, 0.2) is 6.54 Å². The number of hydrogen-bond donors (Lipinski definition) is 2. The van der Waals surface area contributed by atoms with Gasteiger partial charge in [-0.1, -0.05) is 29.8 Å². The van der Waals surface area contributed by atoms with Crippen molar-refractivity contribution in [1.29, 1.82) is 0 Å². The molecule has 0 aromatic heterocycles. The third-order valence-electron chi connectivity index (χ3n) is 4.59. The van der Waals surface area contributed by atoms with Crippen LogP contribution in [0, 0.1) is 6.92 Å². The van der Waals surface area contributed by atoms with E-state index in [4.69, 9.17) is 0 Å². The predicted molar refractivity (Wildman–Crippen MR) is 117 cm³/mol. The summed E-state index contributed by atoms with van der Waals surface area (Å²) < 4.78 is 26.1. The van der Waals surface area contributed by atoms with E-state index >= 15 is 0 Å². The summed E-state index contributed by atoms with van der Waals surface area (Å²) in [4.78, 5) is 15.6. The van der Waals surface area contributed by atoms with Crippen LogP contribution in [0.4, 0.5) is 11.4 Å². The van der Waals surface area contributed by atoms with Crippen molar-refractivity contribution in [3.05, 3.63) is 53.6 Å². The van der Waals surface area contributed by atoms with Crippen molar-refractivity contribution in [1.82, 2.24) is 4.31 Å². The van der Waals surface area contributed by atoms with Crippen LogP contribution in [0.25, 0.3) is 0 Å². The van der Waals surface area contributed by atoms with Crippen LogP contribution in [0.2, 0.25) is 0 Å². The summed E-state index contributed by atoms with van der Waals surface area (Å²) in [5, 5.41) is 2.88. The fourth-order valence-corrected chi connectivity index (χ4v) is 3.89. The van der Waals surface area contributed by atoms with E-state index in [2.05, 4.69) is 29.6 Å². The molecule has 0 saturated carbocycles. The summed E-state index contributed by atoms with van der Waals surface area (Å²) in [6.45, 7) is 3.04. The molecule has 0 aliphatic rings. The van der Waals surface area contributed by atoms with Gasteiger partial charge in [0.05, 0.1) is 23.3 Å². The van der Waals surface area contributed by atoms with Crippen molar-refractivity contribution in [2.75, 3.05) is 52.0 Å². The number of benzene rings is 2. The number of quaternary nitrogens is 1. The smallest absolute Gasteiger partial charge is 0.279 e. The number of carbonyl (C=O) groups is 1. The van der Waals surface area contributed by atoms with Crippen LogP contribution in [-0.4, -0.2) is 60.4 Å². The van der Waals surface area contributed by atoms with Gasteiger partial charge in [0, 0.05) is 33.8 Å². The molecule has 0 radical (unpaired) electrons. The second-order valence-electron chi connectivity index (χ2n) is 7.71. The highest BCUT2D eigenvalue weighted by molar-refractivity contribution is 7.89. The maximum absolute atomic E-state index is 12.6. The summed E-state index contributed by atoms with van der Waals surface area (Å²) in [6, 6.07) is 13.0. The normalized spacial score (nSPS) is 12.7. The minimum absolute atomic E-state index is 0.142. The van der Waals surface area contributed by atoms with E-state index in [1.165, 1.54) is 25.7 Å². The Morgan fingerprint density at radius 3 is 2.21 bits per heavy atom. The van der Waals surface area contributed by atoms with E-state index in [1.54, 1.807) is 12.1 Å². The number of rotatable bonds is 8. The summed E-state index contributed by atoms with van der Waals surface area (Å²) in [6.07, 6.45) is 0. The summed E-state index contributed by atoms with van der Waals surface area (Å²) in [5.74, 6) is -0.169. The van der Waals surface area contributed by atoms with Crippen LogP contribution in [-0.2, 0) is 21.4 Å². The van der Waals surface area contributed by atoms with Crippen LogP contribution < -0.4 is 15.1 Å². The van der Waals surface area contributed by atoms with E-state index < -0.39 is 10.0 Å². The minimum Gasteiger partial charge on any atom is -0.376 e. The molecule has 29 heavy (non-hydrogen) atoms. The number of aryl methyl sites for hydroxylation is 1. The van der Waals surface area contributed by atoms with E-state index in [0.717, 1.165) is 27.0 Å².